The number of benzene rings is 2. The van der Waals surface area contributed by atoms with Crippen LogP contribution in [0, 0.1) is 0 Å². The molecule has 7 heteroatoms. The molecule has 3 amide bonds. The number of hydrogen-bond donors (Lipinski definition) is 2. The monoisotopic (exact) mass is 401 g/mol. The van der Waals surface area contributed by atoms with Crippen LogP contribution in [0.5, 0.6) is 0 Å². The van der Waals surface area contributed by atoms with Gasteiger partial charge < -0.3 is 11.1 Å². The molecule has 1 aliphatic heterocycles. The van der Waals surface area contributed by atoms with Gasteiger partial charge in [-0.1, -0.05) is 50.2 Å². The van der Waals surface area contributed by atoms with E-state index in [1.165, 1.54) is 5.56 Å². The van der Waals surface area contributed by atoms with Gasteiger partial charge in [-0.25, -0.2) is 0 Å². The zero-order chi connectivity index (χ0) is 19.6. The van der Waals surface area contributed by atoms with E-state index in [0.717, 1.165) is 10.5 Å². The van der Waals surface area contributed by atoms with Crippen molar-refractivity contribution < 1.29 is 14.4 Å². The molecule has 28 heavy (non-hydrogen) atoms. The highest BCUT2D eigenvalue weighted by Gasteiger charge is 2.36. The summed E-state index contributed by atoms with van der Waals surface area (Å²) >= 11 is 0. The standard InChI is InChI=1S/C21H23N3O3.ClH/c1-13(2)14-7-9-15(10-8-14)18(22)11-23-19(25)12-24-20(26)16-5-3-4-6-17(16)21(24)27;/h3-10,13,18H,11-12,22H2,1-2H3,(H,23,25);1H. The molecular formula is C21H24ClN3O3. The van der Waals surface area contributed by atoms with Crippen molar-refractivity contribution in [3.63, 3.8) is 0 Å². The fraction of sp³-hybridized carbons (Fsp3) is 0.286. The maximum absolute atomic E-state index is 12.3. The number of carbonyl (C=O) groups excluding carboxylic acids is 3. The first-order valence-electron chi connectivity index (χ1n) is 8.96. The van der Waals surface area contributed by atoms with E-state index in [1.54, 1.807) is 24.3 Å². The van der Waals surface area contributed by atoms with E-state index in [0.29, 0.717) is 17.0 Å². The molecule has 0 saturated heterocycles. The van der Waals surface area contributed by atoms with Crippen molar-refractivity contribution in [2.45, 2.75) is 25.8 Å². The summed E-state index contributed by atoms with van der Waals surface area (Å²) in [6.45, 7) is 4.15. The second-order valence-electron chi connectivity index (χ2n) is 6.97. The zero-order valence-corrected chi connectivity index (χ0v) is 16.7. The lowest BCUT2D eigenvalue weighted by Crippen LogP contribution is -2.42. The summed E-state index contributed by atoms with van der Waals surface area (Å²) < 4.78 is 0. The number of hydrogen-bond acceptors (Lipinski definition) is 4. The first-order chi connectivity index (χ1) is 12.9. The molecule has 3 N–H and O–H groups in total. The molecule has 1 aliphatic rings. The summed E-state index contributed by atoms with van der Waals surface area (Å²) in [4.78, 5) is 37.7. The molecule has 0 fully saturated rings. The number of nitrogens with zero attached hydrogens (tertiary/aromatic N) is 1. The highest BCUT2D eigenvalue weighted by atomic mass is 35.5. The number of amides is 3. The minimum atomic E-state index is -0.445. The molecular weight excluding hydrogens is 378 g/mol. The van der Waals surface area contributed by atoms with Crippen LogP contribution in [0.3, 0.4) is 0 Å². The van der Waals surface area contributed by atoms with Crippen molar-refractivity contribution in [1.29, 1.82) is 0 Å². The van der Waals surface area contributed by atoms with Crippen molar-refractivity contribution in [3.05, 3.63) is 70.8 Å². The fourth-order valence-electron chi connectivity index (χ4n) is 3.05. The lowest BCUT2D eigenvalue weighted by atomic mass is 9.99. The van der Waals surface area contributed by atoms with Crippen LogP contribution in [0.2, 0.25) is 0 Å². The molecule has 0 aromatic heterocycles. The maximum Gasteiger partial charge on any atom is 0.262 e. The molecule has 2 aromatic carbocycles. The van der Waals surface area contributed by atoms with Gasteiger partial charge in [0.25, 0.3) is 11.8 Å². The number of imide groups is 1. The van der Waals surface area contributed by atoms with Crippen molar-refractivity contribution >= 4 is 30.1 Å². The minimum Gasteiger partial charge on any atom is -0.353 e. The second-order valence-corrected chi connectivity index (χ2v) is 6.97. The van der Waals surface area contributed by atoms with Crippen molar-refractivity contribution in [2.24, 2.45) is 5.73 Å². The first kappa shape index (κ1) is 21.6. The Labute approximate surface area is 170 Å². The van der Waals surface area contributed by atoms with Gasteiger partial charge in [0.1, 0.15) is 6.54 Å². The molecule has 1 unspecified atom stereocenters. The van der Waals surface area contributed by atoms with Crippen molar-refractivity contribution in [3.8, 4) is 0 Å². The Morgan fingerprint density at radius 2 is 1.46 bits per heavy atom. The Kier molecular flexibility index (Phi) is 6.94. The molecule has 0 spiro atoms. The van der Waals surface area contributed by atoms with Gasteiger partial charge in [0.2, 0.25) is 5.91 Å². The van der Waals surface area contributed by atoms with Crippen LogP contribution < -0.4 is 11.1 Å². The highest BCUT2D eigenvalue weighted by Crippen LogP contribution is 2.22. The smallest absolute Gasteiger partial charge is 0.262 e. The summed E-state index contributed by atoms with van der Waals surface area (Å²) in [6.07, 6.45) is 0. The van der Waals surface area contributed by atoms with Gasteiger partial charge in [-0.05, 0) is 29.2 Å². The van der Waals surface area contributed by atoms with Gasteiger partial charge in [-0.3, -0.25) is 19.3 Å². The zero-order valence-electron chi connectivity index (χ0n) is 15.8. The van der Waals surface area contributed by atoms with E-state index in [2.05, 4.69) is 19.2 Å². The number of nitrogens with two attached hydrogens (primary N) is 1. The lowest BCUT2D eigenvalue weighted by Gasteiger charge is -2.17. The number of carbonyl (C=O) groups is 3. The van der Waals surface area contributed by atoms with E-state index in [1.807, 2.05) is 24.3 Å². The Hall–Kier alpha value is -2.70. The fourth-order valence-corrected chi connectivity index (χ4v) is 3.05. The van der Waals surface area contributed by atoms with Crippen molar-refractivity contribution in [2.75, 3.05) is 13.1 Å². The molecule has 6 nitrogen and oxygen atoms in total. The number of rotatable bonds is 6. The summed E-state index contributed by atoms with van der Waals surface area (Å²) in [6, 6.07) is 14.2. The van der Waals surface area contributed by atoms with Gasteiger partial charge in [-0.2, -0.15) is 0 Å². The molecule has 0 radical (unpaired) electrons. The largest absolute Gasteiger partial charge is 0.353 e. The molecule has 0 aliphatic carbocycles. The maximum atomic E-state index is 12.3. The van der Waals surface area contributed by atoms with Crippen LogP contribution in [0.25, 0.3) is 0 Å². The Balaban J connectivity index is 0.00000280. The van der Waals surface area contributed by atoms with Crippen LogP contribution in [0.15, 0.2) is 48.5 Å². The van der Waals surface area contributed by atoms with Crippen LogP contribution in [-0.2, 0) is 4.79 Å². The summed E-state index contributed by atoms with van der Waals surface area (Å²) in [7, 11) is 0. The average Bonchev–Trinajstić information content (AvgIpc) is 2.91. The topological polar surface area (TPSA) is 92.5 Å². The first-order valence-corrected chi connectivity index (χ1v) is 8.96. The summed E-state index contributed by atoms with van der Waals surface area (Å²) in [5.74, 6) is -0.868. The van der Waals surface area contributed by atoms with Gasteiger partial charge in [0.05, 0.1) is 11.1 Å². The summed E-state index contributed by atoms with van der Waals surface area (Å²) in [5, 5.41) is 2.70. The van der Waals surface area contributed by atoms with Gasteiger partial charge >= 0.3 is 0 Å². The van der Waals surface area contributed by atoms with Gasteiger partial charge in [-0.15, -0.1) is 12.4 Å². The van der Waals surface area contributed by atoms with E-state index in [4.69, 9.17) is 5.73 Å². The predicted octanol–water partition coefficient (Wildman–Crippen LogP) is 2.64. The number of nitrogens with one attached hydrogen (secondary N) is 1. The summed E-state index contributed by atoms with van der Waals surface area (Å²) in [5.41, 5.74) is 8.94. The molecule has 1 atom stereocenters. The van der Waals surface area contributed by atoms with Crippen LogP contribution in [-0.4, -0.2) is 35.7 Å². The molecule has 1 heterocycles. The number of halogens is 1. The molecule has 3 rings (SSSR count). The highest BCUT2D eigenvalue weighted by molar-refractivity contribution is 6.22. The lowest BCUT2D eigenvalue weighted by molar-refractivity contribution is -0.121. The Morgan fingerprint density at radius 3 is 1.96 bits per heavy atom. The van der Waals surface area contributed by atoms with Gasteiger partial charge in [0.15, 0.2) is 0 Å². The normalized spacial score (nSPS) is 13.9. The van der Waals surface area contributed by atoms with Crippen LogP contribution in [0.1, 0.15) is 57.7 Å². The van der Waals surface area contributed by atoms with E-state index in [9.17, 15) is 14.4 Å². The van der Waals surface area contributed by atoms with Gasteiger partial charge in [0, 0.05) is 12.6 Å². The van der Waals surface area contributed by atoms with E-state index >= 15 is 0 Å². The molecule has 0 saturated carbocycles. The van der Waals surface area contributed by atoms with Crippen molar-refractivity contribution in [1.82, 2.24) is 10.2 Å². The third-order valence-electron chi connectivity index (χ3n) is 4.73. The van der Waals surface area contributed by atoms with Crippen LogP contribution in [0.4, 0.5) is 0 Å². The van der Waals surface area contributed by atoms with E-state index in [-0.39, 0.29) is 31.5 Å². The quantitative estimate of drug-likeness (QED) is 0.728. The second kappa shape index (κ2) is 8.99. The van der Waals surface area contributed by atoms with E-state index < -0.39 is 17.7 Å². The Bertz CT molecular complexity index is 846. The minimum absolute atomic E-state index is 0. The SMILES string of the molecule is CC(C)c1ccc(C(N)CNC(=O)CN2C(=O)c3ccccc3C2=O)cc1.Cl. The molecule has 148 valence electrons. The molecule has 0 bridgehead atoms. The van der Waals surface area contributed by atoms with Crippen LogP contribution >= 0.6 is 12.4 Å². The Morgan fingerprint density at radius 1 is 0.964 bits per heavy atom. The average molecular weight is 402 g/mol. The third kappa shape index (κ3) is 4.40. The molecule has 2 aromatic rings. The number of fused-ring (bicyclic) bond motifs is 1. The predicted molar refractivity (Wildman–Crippen MR) is 110 cm³/mol. The third-order valence-corrected chi connectivity index (χ3v) is 4.73.